The van der Waals surface area contributed by atoms with Gasteiger partial charge in [0.25, 0.3) is 0 Å². The molecule has 3 heteroatoms. The Morgan fingerprint density at radius 3 is 2.08 bits per heavy atom. The monoisotopic (exact) mass is 187 g/mol. The number of nitrogens with two attached hydrogens (primary N) is 1. The molecule has 0 fully saturated rings. The molecule has 3 N–H and O–H groups in total. The predicted molar refractivity (Wildman–Crippen MR) is 53.5 cm³/mol. The zero-order valence-electron chi connectivity index (χ0n) is 8.62. The summed E-state index contributed by atoms with van der Waals surface area (Å²) in [6.45, 7) is 4.24. The van der Waals surface area contributed by atoms with Crippen molar-refractivity contribution in [3.63, 3.8) is 0 Å². The lowest BCUT2D eigenvalue weighted by Crippen LogP contribution is -2.32. The van der Waals surface area contributed by atoms with Gasteiger partial charge in [-0.3, -0.25) is 4.79 Å². The number of aliphatic carboxylic acids is 1. The minimum Gasteiger partial charge on any atom is -0.480 e. The lowest BCUT2D eigenvalue weighted by molar-refractivity contribution is -0.139. The molecule has 0 aliphatic heterocycles. The van der Waals surface area contributed by atoms with Crippen LogP contribution in [0.3, 0.4) is 0 Å². The molecule has 0 aromatic rings. The normalized spacial score (nSPS) is 13.2. The van der Waals surface area contributed by atoms with Crippen LogP contribution in [0, 0.1) is 5.92 Å². The summed E-state index contributed by atoms with van der Waals surface area (Å²) in [7, 11) is 0. The van der Waals surface area contributed by atoms with Crippen LogP contribution < -0.4 is 5.73 Å². The first-order chi connectivity index (χ1) is 6.11. The molecule has 3 nitrogen and oxygen atoms in total. The van der Waals surface area contributed by atoms with E-state index in [4.69, 9.17) is 10.8 Å². The second-order valence-corrected chi connectivity index (χ2v) is 3.62. The number of carboxylic acids is 1. The van der Waals surface area contributed by atoms with Gasteiger partial charge in [-0.2, -0.15) is 0 Å². The van der Waals surface area contributed by atoms with E-state index in [9.17, 15) is 4.79 Å². The molecule has 0 saturated carbocycles. The van der Waals surface area contributed by atoms with Gasteiger partial charge in [0.1, 0.15) is 6.04 Å². The molecule has 0 aromatic carbocycles. The second-order valence-electron chi connectivity index (χ2n) is 3.62. The highest BCUT2D eigenvalue weighted by molar-refractivity contribution is 5.72. The van der Waals surface area contributed by atoms with Crippen molar-refractivity contribution in [1.82, 2.24) is 0 Å². The van der Waals surface area contributed by atoms with Crippen molar-refractivity contribution in [1.29, 1.82) is 0 Å². The molecule has 1 unspecified atom stereocenters. The molecule has 0 bridgehead atoms. The van der Waals surface area contributed by atoms with Crippen LogP contribution in [0.1, 0.15) is 46.0 Å². The van der Waals surface area contributed by atoms with E-state index in [1.807, 2.05) is 0 Å². The third kappa shape index (κ3) is 5.64. The Morgan fingerprint density at radius 2 is 1.77 bits per heavy atom. The maximum Gasteiger partial charge on any atom is 0.320 e. The first kappa shape index (κ1) is 12.4. The molecule has 1 atom stereocenters. The van der Waals surface area contributed by atoms with Crippen LogP contribution in [0.4, 0.5) is 0 Å². The van der Waals surface area contributed by atoms with Crippen LogP contribution in [0.2, 0.25) is 0 Å². The minimum atomic E-state index is -0.878. The molecule has 78 valence electrons. The maximum absolute atomic E-state index is 10.5. The van der Waals surface area contributed by atoms with E-state index in [-0.39, 0.29) is 0 Å². The Hall–Kier alpha value is -0.570. The Morgan fingerprint density at radius 1 is 1.31 bits per heavy atom. The standard InChI is InChI=1S/C10H21NO2/c1-3-5-8(6-4-2)7-9(11)10(12)13/h8-9H,3-7,11H2,1-2H3,(H,12,13). The van der Waals surface area contributed by atoms with Crippen molar-refractivity contribution < 1.29 is 9.90 Å². The molecule has 0 aromatic heterocycles. The van der Waals surface area contributed by atoms with Crippen LogP contribution in [-0.2, 0) is 4.79 Å². The van der Waals surface area contributed by atoms with E-state index in [1.165, 1.54) is 0 Å². The van der Waals surface area contributed by atoms with Gasteiger partial charge in [-0.05, 0) is 12.3 Å². The van der Waals surface area contributed by atoms with Gasteiger partial charge < -0.3 is 10.8 Å². The number of hydrogen-bond donors (Lipinski definition) is 2. The second kappa shape index (κ2) is 6.89. The zero-order valence-corrected chi connectivity index (χ0v) is 8.62. The number of rotatable bonds is 7. The summed E-state index contributed by atoms with van der Waals surface area (Å²) in [4.78, 5) is 10.5. The number of hydrogen-bond acceptors (Lipinski definition) is 2. The molecule has 13 heavy (non-hydrogen) atoms. The molecule has 0 saturated heterocycles. The molecular formula is C10H21NO2. The van der Waals surface area contributed by atoms with Gasteiger partial charge in [0, 0.05) is 0 Å². The van der Waals surface area contributed by atoms with Crippen molar-refractivity contribution in [2.75, 3.05) is 0 Å². The van der Waals surface area contributed by atoms with Crippen molar-refractivity contribution >= 4 is 5.97 Å². The van der Waals surface area contributed by atoms with Crippen molar-refractivity contribution in [3.05, 3.63) is 0 Å². The lowest BCUT2D eigenvalue weighted by Gasteiger charge is -2.17. The van der Waals surface area contributed by atoms with E-state index in [0.717, 1.165) is 25.7 Å². The number of carbonyl (C=O) groups is 1. The largest absolute Gasteiger partial charge is 0.480 e. The summed E-state index contributed by atoms with van der Waals surface area (Å²) >= 11 is 0. The Kier molecular flexibility index (Phi) is 6.59. The third-order valence-corrected chi connectivity index (χ3v) is 2.30. The summed E-state index contributed by atoms with van der Waals surface area (Å²) in [5.74, 6) is -0.390. The maximum atomic E-state index is 10.5. The van der Waals surface area contributed by atoms with Gasteiger partial charge in [0.05, 0.1) is 0 Å². The molecule has 0 aliphatic rings. The van der Waals surface area contributed by atoms with E-state index < -0.39 is 12.0 Å². The predicted octanol–water partition coefficient (Wildman–Crippen LogP) is 2.00. The molecule has 0 spiro atoms. The van der Waals surface area contributed by atoms with Crippen molar-refractivity contribution in [2.45, 2.75) is 52.0 Å². The summed E-state index contributed by atoms with van der Waals surface area (Å²) in [6, 6.07) is -0.678. The molecule has 0 radical (unpaired) electrons. The fourth-order valence-corrected chi connectivity index (χ4v) is 1.66. The van der Waals surface area contributed by atoms with E-state index in [1.54, 1.807) is 0 Å². The van der Waals surface area contributed by atoms with E-state index in [0.29, 0.717) is 12.3 Å². The molecule has 0 aliphatic carbocycles. The van der Waals surface area contributed by atoms with Gasteiger partial charge in [0.2, 0.25) is 0 Å². The average Bonchev–Trinajstić information content (AvgIpc) is 2.05. The molecular weight excluding hydrogens is 166 g/mol. The first-order valence-corrected chi connectivity index (χ1v) is 5.10. The Labute approximate surface area is 80.3 Å². The highest BCUT2D eigenvalue weighted by Crippen LogP contribution is 2.18. The van der Waals surface area contributed by atoms with Crippen LogP contribution in [0.25, 0.3) is 0 Å². The summed E-state index contributed by atoms with van der Waals surface area (Å²) < 4.78 is 0. The first-order valence-electron chi connectivity index (χ1n) is 5.10. The molecule has 0 rings (SSSR count). The minimum absolute atomic E-state index is 0.487. The fourth-order valence-electron chi connectivity index (χ4n) is 1.66. The topological polar surface area (TPSA) is 63.3 Å². The van der Waals surface area contributed by atoms with Crippen molar-refractivity contribution in [2.24, 2.45) is 11.7 Å². The average molecular weight is 187 g/mol. The quantitative estimate of drug-likeness (QED) is 0.640. The molecule has 0 amide bonds. The smallest absolute Gasteiger partial charge is 0.320 e. The van der Waals surface area contributed by atoms with E-state index >= 15 is 0 Å². The van der Waals surface area contributed by atoms with Crippen LogP contribution in [-0.4, -0.2) is 17.1 Å². The summed E-state index contributed by atoms with van der Waals surface area (Å²) in [5, 5.41) is 8.64. The SMILES string of the molecule is CCCC(CCC)CC(N)C(=O)O. The third-order valence-electron chi connectivity index (χ3n) is 2.30. The van der Waals surface area contributed by atoms with Crippen LogP contribution in [0.15, 0.2) is 0 Å². The van der Waals surface area contributed by atoms with Crippen LogP contribution in [0.5, 0.6) is 0 Å². The van der Waals surface area contributed by atoms with Gasteiger partial charge in [0.15, 0.2) is 0 Å². The van der Waals surface area contributed by atoms with Crippen molar-refractivity contribution in [3.8, 4) is 0 Å². The summed E-state index contributed by atoms with van der Waals surface area (Å²) in [6.07, 6.45) is 5.02. The zero-order chi connectivity index (χ0) is 10.3. The highest BCUT2D eigenvalue weighted by Gasteiger charge is 2.17. The molecule has 0 heterocycles. The summed E-state index contributed by atoms with van der Waals surface area (Å²) in [5.41, 5.74) is 5.48. The van der Waals surface area contributed by atoms with Gasteiger partial charge in [-0.1, -0.05) is 39.5 Å². The highest BCUT2D eigenvalue weighted by atomic mass is 16.4. The lowest BCUT2D eigenvalue weighted by atomic mass is 9.91. The van der Waals surface area contributed by atoms with Gasteiger partial charge in [-0.15, -0.1) is 0 Å². The fraction of sp³-hybridized carbons (Fsp3) is 0.900. The number of carboxylic acid groups (broad SMARTS) is 1. The Bertz CT molecular complexity index is 142. The Balaban J connectivity index is 3.85. The van der Waals surface area contributed by atoms with Crippen LogP contribution >= 0.6 is 0 Å². The van der Waals surface area contributed by atoms with E-state index in [2.05, 4.69) is 13.8 Å². The van der Waals surface area contributed by atoms with Gasteiger partial charge >= 0.3 is 5.97 Å². The van der Waals surface area contributed by atoms with Gasteiger partial charge in [-0.25, -0.2) is 0 Å².